The summed E-state index contributed by atoms with van der Waals surface area (Å²) < 4.78 is 4.98. The number of hydrogen-bond donors (Lipinski definition) is 1. The molecule has 1 aromatic heterocycles. The van der Waals surface area contributed by atoms with Crippen molar-refractivity contribution < 1.29 is 9.66 Å². The number of nitrogens with zero attached hydrogens (tertiary/aromatic N) is 4. The van der Waals surface area contributed by atoms with Crippen LogP contribution in [0, 0.1) is 10.1 Å². The Bertz CT molecular complexity index is 412. The van der Waals surface area contributed by atoms with Crippen molar-refractivity contribution >= 4 is 17.5 Å². The zero-order valence-electron chi connectivity index (χ0n) is 10.7. The van der Waals surface area contributed by atoms with Crippen LogP contribution in [0.2, 0.25) is 0 Å². The van der Waals surface area contributed by atoms with E-state index in [1.807, 2.05) is 6.92 Å². The van der Waals surface area contributed by atoms with E-state index in [9.17, 15) is 10.1 Å². The van der Waals surface area contributed by atoms with Gasteiger partial charge in [0, 0.05) is 27.2 Å². The van der Waals surface area contributed by atoms with E-state index in [4.69, 9.17) is 4.74 Å². The summed E-state index contributed by atoms with van der Waals surface area (Å²) in [5, 5.41) is 13.7. The Morgan fingerprint density at radius 3 is 2.83 bits per heavy atom. The fourth-order valence-electron chi connectivity index (χ4n) is 1.46. The number of rotatable bonds is 7. The Morgan fingerprint density at radius 1 is 1.61 bits per heavy atom. The van der Waals surface area contributed by atoms with E-state index in [0.29, 0.717) is 31.5 Å². The van der Waals surface area contributed by atoms with Gasteiger partial charge >= 0.3 is 5.69 Å². The molecule has 8 heteroatoms. The number of hydrogen-bond acceptors (Lipinski definition) is 7. The van der Waals surface area contributed by atoms with Gasteiger partial charge in [-0.15, -0.1) is 0 Å². The van der Waals surface area contributed by atoms with Crippen LogP contribution in [0.5, 0.6) is 0 Å². The van der Waals surface area contributed by atoms with Crippen molar-refractivity contribution in [2.75, 3.05) is 44.1 Å². The summed E-state index contributed by atoms with van der Waals surface area (Å²) in [4.78, 5) is 20.3. The fourth-order valence-corrected chi connectivity index (χ4v) is 1.46. The maximum Gasteiger partial charge on any atom is 0.329 e. The van der Waals surface area contributed by atoms with Gasteiger partial charge in [-0.25, -0.2) is 4.98 Å². The summed E-state index contributed by atoms with van der Waals surface area (Å²) in [6, 6.07) is 0. The topological polar surface area (TPSA) is 93.4 Å². The molecule has 0 unspecified atom stereocenters. The average molecular weight is 255 g/mol. The molecular formula is C10H17N5O3. The van der Waals surface area contributed by atoms with E-state index in [-0.39, 0.29) is 5.69 Å². The lowest BCUT2D eigenvalue weighted by Gasteiger charge is -2.21. The van der Waals surface area contributed by atoms with Crippen molar-refractivity contribution in [2.24, 2.45) is 0 Å². The number of nitrogens with one attached hydrogen (secondary N) is 1. The molecule has 0 aliphatic rings. The molecule has 0 aliphatic heterocycles. The molecule has 0 aromatic carbocycles. The smallest absolute Gasteiger partial charge is 0.329 e. The second kappa shape index (κ2) is 6.70. The molecule has 0 spiro atoms. The molecule has 1 rings (SSSR count). The molecule has 0 radical (unpaired) electrons. The first-order valence-electron chi connectivity index (χ1n) is 5.57. The first kappa shape index (κ1) is 14.1. The Labute approximate surface area is 105 Å². The van der Waals surface area contributed by atoms with Gasteiger partial charge in [-0.1, -0.05) is 0 Å². The first-order valence-corrected chi connectivity index (χ1v) is 5.57. The number of nitro groups is 1. The van der Waals surface area contributed by atoms with E-state index in [2.05, 4.69) is 15.3 Å². The highest BCUT2D eigenvalue weighted by Gasteiger charge is 2.21. The fraction of sp³-hybridized carbons (Fsp3) is 0.600. The summed E-state index contributed by atoms with van der Waals surface area (Å²) in [6.45, 7) is 3.52. The number of ether oxygens (including phenoxy) is 1. The minimum absolute atomic E-state index is 0.105. The number of methoxy groups -OCH3 is 1. The van der Waals surface area contributed by atoms with Crippen LogP contribution in [0.15, 0.2) is 6.20 Å². The molecule has 1 N–H and O–H groups in total. The summed E-state index contributed by atoms with van der Waals surface area (Å²) in [5.74, 6) is 0.658. The molecule has 8 nitrogen and oxygen atoms in total. The van der Waals surface area contributed by atoms with Gasteiger partial charge in [-0.05, 0) is 6.92 Å². The molecule has 1 heterocycles. The minimum Gasteiger partial charge on any atom is -0.383 e. The lowest BCUT2D eigenvalue weighted by molar-refractivity contribution is -0.384. The monoisotopic (exact) mass is 255 g/mol. The maximum absolute atomic E-state index is 11.0. The van der Waals surface area contributed by atoms with Crippen LogP contribution < -0.4 is 10.2 Å². The van der Waals surface area contributed by atoms with Crippen molar-refractivity contribution in [3.05, 3.63) is 16.3 Å². The quantitative estimate of drug-likeness (QED) is 0.571. The molecule has 0 saturated heterocycles. The third-order valence-electron chi connectivity index (χ3n) is 2.42. The van der Waals surface area contributed by atoms with E-state index in [0.717, 1.165) is 0 Å². The maximum atomic E-state index is 11.0. The van der Waals surface area contributed by atoms with Crippen LogP contribution >= 0.6 is 0 Å². The second-order valence-electron chi connectivity index (χ2n) is 3.48. The van der Waals surface area contributed by atoms with Crippen LogP contribution in [0.4, 0.5) is 17.5 Å². The predicted molar refractivity (Wildman–Crippen MR) is 68.0 cm³/mol. The Balaban J connectivity index is 3.11. The zero-order chi connectivity index (χ0) is 13.5. The van der Waals surface area contributed by atoms with Gasteiger partial charge in [0.15, 0.2) is 0 Å². The molecule has 1 aromatic rings. The normalized spacial score (nSPS) is 10.2. The van der Waals surface area contributed by atoms with Crippen molar-refractivity contribution in [1.82, 2.24) is 9.97 Å². The molecule has 18 heavy (non-hydrogen) atoms. The van der Waals surface area contributed by atoms with E-state index < -0.39 is 4.92 Å². The lowest BCUT2D eigenvalue weighted by Crippen LogP contribution is -2.28. The third kappa shape index (κ3) is 3.27. The highest BCUT2D eigenvalue weighted by molar-refractivity contribution is 5.58. The summed E-state index contributed by atoms with van der Waals surface area (Å²) in [5.41, 5.74) is -0.105. The van der Waals surface area contributed by atoms with Crippen LogP contribution in [-0.4, -0.2) is 48.7 Å². The van der Waals surface area contributed by atoms with Gasteiger partial charge in [0.25, 0.3) is 0 Å². The minimum atomic E-state index is -0.482. The molecule has 0 saturated carbocycles. The number of anilines is 2. The van der Waals surface area contributed by atoms with Gasteiger partial charge in [-0.2, -0.15) is 4.98 Å². The van der Waals surface area contributed by atoms with Crippen LogP contribution in [0.3, 0.4) is 0 Å². The number of aromatic nitrogens is 2. The molecular weight excluding hydrogens is 238 g/mol. The van der Waals surface area contributed by atoms with Crippen molar-refractivity contribution in [1.29, 1.82) is 0 Å². The Hall–Kier alpha value is -1.96. The summed E-state index contributed by atoms with van der Waals surface area (Å²) in [6.07, 6.45) is 1.21. The van der Waals surface area contributed by atoms with Crippen LogP contribution in [0.1, 0.15) is 6.92 Å². The first-order chi connectivity index (χ1) is 8.63. The van der Waals surface area contributed by atoms with Crippen LogP contribution in [-0.2, 0) is 4.74 Å². The molecule has 0 atom stereocenters. The molecule has 100 valence electrons. The van der Waals surface area contributed by atoms with Crippen molar-refractivity contribution in [3.8, 4) is 0 Å². The highest BCUT2D eigenvalue weighted by atomic mass is 16.6. The standard InChI is InChI=1S/C10H17N5O3/c1-4-14(5-6-18-3)9-8(15(16)17)7-12-10(11-2)13-9/h7H,4-6H2,1-3H3,(H,11,12,13). The van der Waals surface area contributed by atoms with Gasteiger partial charge in [0.1, 0.15) is 6.20 Å². The number of likely N-dealkylation sites (N-methyl/N-ethyl adjacent to an activating group) is 1. The average Bonchev–Trinajstić information content (AvgIpc) is 2.39. The van der Waals surface area contributed by atoms with Gasteiger partial charge in [-0.3, -0.25) is 10.1 Å². The zero-order valence-corrected chi connectivity index (χ0v) is 10.7. The molecule has 0 bridgehead atoms. The Kier molecular flexibility index (Phi) is 5.25. The SMILES string of the molecule is CCN(CCOC)c1nc(NC)ncc1[N+](=O)[O-]. The van der Waals surface area contributed by atoms with Gasteiger partial charge in [0.05, 0.1) is 11.5 Å². The second-order valence-corrected chi connectivity index (χ2v) is 3.48. The predicted octanol–water partition coefficient (Wildman–Crippen LogP) is 0.899. The molecule has 0 fully saturated rings. The summed E-state index contributed by atoms with van der Waals surface area (Å²) in [7, 11) is 3.25. The lowest BCUT2D eigenvalue weighted by atomic mass is 10.4. The molecule has 0 aliphatic carbocycles. The Morgan fingerprint density at radius 2 is 2.33 bits per heavy atom. The largest absolute Gasteiger partial charge is 0.383 e. The van der Waals surface area contributed by atoms with Crippen molar-refractivity contribution in [3.63, 3.8) is 0 Å². The van der Waals surface area contributed by atoms with Gasteiger partial charge < -0.3 is 15.0 Å². The van der Waals surface area contributed by atoms with E-state index in [1.54, 1.807) is 19.1 Å². The molecule has 0 amide bonds. The highest BCUT2D eigenvalue weighted by Crippen LogP contribution is 2.25. The van der Waals surface area contributed by atoms with Crippen LogP contribution in [0.25, 0.3) is 0 Å². The van der Waals surface area contributed by atoms with E-state index in [1.165, 1.54) is 6.20 Å². The van der Waals surface area contributed by atoms with Crippen molar-refractivity contribution in [2.45, 2.75) is 6.92 Å². The summed E-state index contributed by atoms with van der Waals surface area (Å²) >= 11 is 0. The van der Waals surface area contributed by atoms with Gasteiger partial charge in [0.2, 0.25) is 11.8 Å². The third-order valence-corrected chi connectivity index (χ3v) is 2.42. The van der Waals surface area contributed by atoms with E-state index >= 15 is 0 Å².